The van der Waals surface area contributed by atoms with Gasteiger partial charge in [0, 0.05) is 35.7 Å². The summed E-state index contributed by atoms with van der Waals surface area (Å²) in [7, 11) is 0. The number of benzene rings is 2. The van der Waals surface area contributed by atoms with Gasteiger partial charge in [-0.3, -0.25) is 10.2 Å². The summed E-state index contributed by atoms with van der Waals surface area (Å²) in [6.45, 7) is 1.36. The van der Waals surface area contributed by atoms with E-state index < -0.39 is 0 Å². The maximum absolute atomic E-state index is 10.8. The quantitative estimate of drug-likeness (QED) is 0.246. The molecule has 1 fully saturated rings. The van der Waals surface area contributed by atoms with Crippen LogP contribution in [0.25, 0.3) is 22.6 Å². The molecule has 1 saturated heterocycles. The molecule has 0 spiro atoms. The van der Waals surface area contributed by atoms with Crippen molar-refractivity contribution in [2.24, 2.45) is 5.73 Å². The van der Waals surface area contributed by atoms with Gasteiger partial charge in [0.15, 0.2) is 5.96 Å². The molecule has 1 aliphatic rings. The molecule has 1 aliphatic heterocycles. The molecular weight excluding hydrogens is 432 g/mol. The number of nitrogens with two attached hydrogens (primary N) is 1. The second-order valence-electron chi connectivity index (χ2n) is 8.33. The van der Waals surface area contributed by atoms with Crippen molar-refractivity contribution in [2.75, 3.05) is 6.54 Å². The average molecular weight is 457 g/mol. The van der Waals surface area contributed by atoms with E-state index in [4.69, 9.17) is 15.7 Å². The molecule has 2 aromatic carbocycles. The molecule has 0 saturated carbocycles. The zero-order valence-electron chi connectivity index (χ0n) is 18.5. The average Bonchev–Trinajstić information content (AvgIpc) is 3.61. The van der Waals surface area contributed by atoms with E-state index in [0.29, 0.717) is 30.2 Å². The van der Waals surface area contributed by atoms with Gasteiger partial charge in [0.1, 0.15) is 12.0 Å². The Morgan fingerprint density at radius 3 is 2.65 bits per heavy atom. The number of hydrogen-bond acceptors (Lipinski definition) is 7. The number of rotatable bonds is 7. The first-order valence-corrected chi connectivity index (χ1v) is 11.1. The number of nitrogens with one attached hydrogen (secondary N) is 1. The van der Waals surface area contributed by atoms with Crippen molar-refractivity contribution >= 4 is 12.2 Å². The second-order valence-corrected chi connectivity index (χ2v) is 8.33. The van der Waals surface area contributed by atoms with Crippen LogP contribution in [0.5, 0.6) is 0 Å². The number of likely N-dealkylation sites (tertiary alicyclic amines) is 1. The number of carbonyl (C=O) groups is 1. The molecule has 0 aliphatic carbocycles. The van der Waals surface area contributed by atoms with Crippen LogP contribution in [-0.4, -0.2) is 54.9 Å². The molecule has 34 heavy (non-hydrogen) atoms. The molecule has 0 amide bonds. The molecule has 0 radical (unpaired) electrons. The van der Waals surface area contributed by atoms with E-state index in [9.17, 15) is 4.79 Å². The van der Waals surface area contributed by atoms with Gasteiger partial charge >= 0.3 is 0 Å². The molecule has 4 aromatic rings. The van der Waals surface area contributed by atoms with Gasteiger partial charge in [-0.05, 0) is 18.4 Å². The summed E-state index contributed by atoms with van der Waals surface area (Å²) in [4.78, 5) is 17.2. The fourth-order valence-corrected chi connectivity index (χ4v) is 4.21. The fourth-order valence-electron chi connectivity index (χ4n) is 4.21. The van der Waals surface area contributed by atoms with Gasteiger partial charge in [-0.15, -0.1) is 5.10 Å². The summed E-state index contributed by atoms with van der Waals surface area (Å²) in [5.74, 6) is 1.18. The van der Waals surface area contributed by atoms with Gasteiger partial charge in [0.2, 0.25) is 11.7 Å². The summed E-state index contributed by atoms with van der Waals surface area (Å²) in [6.07, 6.45) is 5.24. The van der Waals surface area contributed by atoms with Crippen LogP contribution in [0.3, 0.4) is 0 Å². The summed E-state index contributed by atoms with van der Waals surface area (Å²) >= 11 is 0. The lowest BCUT2D eigenvalue weighted by atomic mass is 10.1. The normalized spacial score (nSPS) is 15.5. The predicted octanol–water partition coefficient (Wildman–Crippen LogP) is 2.76. The molecule has 3 heterocycles. The van der Waals surface area contributed by atoms with E-state index in [0.717, 1.165) is 48.1 Å². The highest BCUT2D eigenvalue weighted by molar-refractivity contribution is 5.76. The van der Waals surface area contributed by atoms with Gasteiger partial charge in [-0.2, -0.15) is 4.98 Å². The molecule has 2 aromatic heterocycles. The monoisotopic (exact) mass is 456 g/mol. The van der Waals surface area contributed by atoms with Gasteiger partial charge in [-0.1, -0.05) is 58.9 Å². The molecule has 172 valence electrons. The van der Waals surface area contributed by atoms with Crippen molar-refractivity contribution in [1.82, 2.24) is 30.0 Å². The maximum atomic E-state index is 10.8. The fraction of sp³-hybridized carbons (Fsp3) is 0.250. The van der Waals surface area contributed by atoms with Crippen LogP contribution in [0, 0.1) is 5.41 Å². The van der Waals surface area contributed by atoms with Crippen LogP contribution in [0.4, 0.5) is 0 Å². The number of guanidine groups is 1. The minimum absolute atomic E-state index is 0.0909. The smallest absolute Gasteiger partial charge is 0.229 e. The van der Waals surface area contributed by atoms with Crippen LogP contribution >= 0.6 is 0 Å². The number of aromatic nitrogens is 5. The van der Waals surface area contributed by atoms with Gasteiger partial charge in [-0.25, -0.2) is 4.68 Å². The first-order chi connectivity index (χ1) is 16.6. The lowest BCUT2D eigenvalue weighted by molar-refractivity contribution is 0.112. The Balaban J connectivity index is 1.23. The molecule has 3 N–H and O–H groups in total. The first-order valence-electron chi connectivity index (χ1n) is 11.1. The standard InChI is InChI=1S/C24H24N8O2/c25-24(26)32-11-1-2-20(32)12-22-27-23(29-34-22)19-9-3-16(4-10-19)13-31-14-21(28-30-31)18-7-5-17(15-33)6-8-18/h3-10,14-15,20H,1-2,11-13H2,(H3,25,26). The first kappa shape index (κ1) is 21.5. The van der Waals surface area contributed by atoms with E-state index in [1.54, 1.807) is 16.8 Å². The minimum Gasteiger partial charge on any atom is -0.370 e. The molecule has 10 heteroatoms. The van der Waals surface area contributed by atoms with Crippen LogP contribution in [0.1, 0.15) is 34.7 Å². The molecule has 5 rings (SSSR count). The lowest BCUT2D eigenvalue weighted by Gasteiger charge is -2.23. The largest absolute Gasteiger partial charge is 0.370 e. The SMILES string of the molecule is N=C(N)N1CCCC1Cc1nc(-c2ccc(Cn3cc(-c4ccc(C=O)cc4)nn3)cc2)no1. The van der Waals surface area contributed by atoms with Crippen LogP contribution in [0.15, 0.2) is 59.3 Å². The van der Waals surface area contributed by atoms with Crippen molar-refractivity contribution in [3.8, 4) is 22.6 Å². The number of nitrogens with zero attached hydrogens (tertiary/aromatic N) is 6. The highest BCUT2D eigenvalue weighted by atomic mass is 16.5. The summed E-state index contributed by atoms with van der Waals surface area (Å²) in [6, 6.07) is 15.3. The maximum Gasteiger partial charge on any atom is 0.229 e. The van der Waals surface area contributed by atoms with Gasteiger partial charge < -0.3 is 15.2 Å². The predicted molar refractivity (Wildman–Crippen MR) is 125 cm³/mol. The van der Waals surface area contributed by atoms with E-state index in [1.807, 2.05) is 47.5 Å². The number of aldehydes is 1. The zero-order valence-corrected chi connectivity index (χ0v) is 18.5. The Morgan fingerprint density at radius 2 is 1.91 bits per heavy atom. The molecular formula is C24H24N8O2. The minimum atomic E-state index is 0.0909. The van der Waals surface area contributed by atoms with E-state index in [2.05, 4.69) is 20.5 Å². The Bertz CT molecular complexity index is 1290. The second kappa shape index (κ2) is 9.26. The Labute approximate surface area is 195 Å². The Morgan fingerprint density at radius 1 is 1.15 bits per heavy atom. The van der Waals surface area contributed by atoms with E-state index in [-0.39, 0.29) is 12.0 Å². The van der Waals surface area contributed by atoms with E-state index >= 15 is 0 Å². The summed E-state index contributed by atoms with van der Waals surface area (Å²) in [5, 5.41) is 20.3. The third kappa shape index (κ3) is 4.56. The van der Waals surface area contributed by atoms with Crippen LogP contribution < -0.4 is 5.73 Å². The third-order valence-electron chi connectivity index (χ3n) is 6.00. The van der Waals surface area contributed by atoms with Crippen molar-refractivity contribution in [2.45, 2.75) is 31.8 Å². The topological polar surface area (TPSA) is 140 Å². The van der Waals surface area contributed by atoms with Crippen LogP contribution in [0.2, 0.25) is 0 Å². The summed E-state index contributed by atoms with van der Waals surface area (Å²) in [5.41, 5.74) is 9.87. The third-order valence-corrected chi connectivity index (χ3v) is 6.00. The highest BCUT2D eigenvalue weighted by Gasteiger charge is 2.27. The molecule has 1 atom stereocenters. The number of hydrogen-bond donors (Lipinski definition) is 2. The molecule has 0 bridgehead atoms. The van der Waals surface area contributed by atoms with Gasteiger partial charge in [0.25, 0.3) is 0 Å². The van der Waals surface area contributed by atoms with Crippen molar-refractivity contribution < 1.29 is 9.32 Å². The zero-order chi connectivity index (χ0) is 23.5. The highest BCUT2D eigenvalue weighted by Crippen LogP contribution is 2.23. The Hall–Kier alpha value is -4.34. The lowest BCUT2D eigenvalue weighted by Crippen LogP contribution is -2.41. The van der Waals surface area contributed by atoms with Crippen molar-refractivity contribution in [3.63, 3.8) is 0 Å². The van der Waals surface area contributed by atoms with Crippen molar-refractivity contribution in [1.29, 1.82) is 5.41 Å². The van der Waals surface area contributed by atoms with Gasteiger partial charge in [0.05, 0.1) is 12.7 Å². The molecule has 10 nitrogen and oxygen atoms in total. The van der Waals surface area contributed by atoms with Crippen molar-refractivity contribution in [3.05, 3.63) is 71.7 Å². The number of carbonyl (C=O) groups excluding carboxylic acids is 1. The molecule has 1 unspecified atom stereocenters. The Kier molecular flexibility index (Phi) is 5.86. The van der Waals surface area contributed by atoms with E-state index in [1.165, 1.54) is 0 Å². The summed E-state index contributed by atoms with van der Waals surface area (Å²) < 4.78 is 7.22. The van der Waals surface area contributed by atoms with Crippen LogP contribution in [-0.2, 0) is 13.0 Å².